The second kappa shape index (κ2) is 5.57. The minimum absolute atomic E-state index is 0.135. The molecule has 1 aromatic carbocycles. The lowest BCUT2D eigenvalue weighted by Gasteiger charge is -2.05. The van der Waals surface area contributed by atoms with Crippen molar-refractivity contribution in [1.29, 1.82) is 0 Å². The van der Waals surface area contributed by atoms with E-state index in [1.165, 1.54) is 6.07 Å². The Labute approximate surface area is 110 Å². The molecule has 0 spiro atoms. The number of aromatic nitrogens is 1. The summed E-state index contributed by atoms with van der Waals surface area (Å²) in [6, 6.07) is 6.59. The van der Waals surface area contributed by atoms with Crippen LogP contribution in [-0.2, 0) is 23.1 Å². The van der Waals surface area contributed by atoms with Crippen molar-refractivity contribution in [2.45, 2.75) is 18.0 Å². The summed E-state index contributed by atoms with van der Waals surface area (Å²) in [6.07, 6.45) is 0. The third-order valence-corrected chi connectivity index (χ3v) is 3.89. The molecule has 2 rings (SSSR count). The lowest BCUT2D eigenvalue weighted by atomic mass is 10.2. The van der Waals surface area contributed by atoms with E-state index in [1.54, 1.807) is 29.0 Å². The van der Waals surface area contributed by atoms with Gasteiger partial charge in [0, 0.05) is 18.5 Å². The molecular formula is C11H13N3O2S2. The number of hydrogen-bond donors (Lipinski definition) is 2. The van der Waals surface area contributed by atoms with Crippen molar-refractivity contribution < 1.29 is 8.42 Å². The van der Waals surface area contributed by atoms with Crippen molar-refractivity contribution in [2.24, 2.45) is 5.14 Å². The first-order chi connectivity index (χ1) is 8.55. The zero-order valence-electron chi connectivity index (χ0n) is 9.54. The van der Waals surface area contributed by atoms with Gasteiger partial charge in [0.2, 0.25) is 10.0 Å². The van der Waals surface area contributed by atoms with E-state index < -0.39 is 10.0 Å². The topological polar surface area (TPSA) is 85.1 Å². The molecule has 3 N–H and O–H groups in total. The van der Waals surface area contributed by atoms with Crippen molar-refractivity contribution in [3.05, 3.63) is 46.4 Å². The number of nitrogens with one attached hydrogen (secondary N) is 1. The normalized spacial score (nSPS) is 11.6. The van der Waals surface area contributed by atoms with Crippen LogP contribution < -0.4 is 10.5 Å². The van der Waals surface area contributed by atoms with Gasteiger partial charge in [-0.3, -0.25) is 0 Å². The molecular weight excluding hydrogens is 270 g/mol. The molecule has 0 fully saturated rings. The molecule has 0 aliphatic heterocycles. The quantitative estimate of drug-likeness (QED) is 0.860. The maximum atomic E-state index is 11.2. The molecule has 18 heavy (non-hydrogen) atoms. The van der Waals surface area contributed by atoms with Gasteiger partial charge in [0.05, 0.1) is 16.1 Å². The van der Waals surface area contributed by atoms with Crippen LogP contribution in [0.25, 0.3) is 0 Å². The van der Waals surface area contributed by atoms with Crippen molar-refractivity contribution in [2.75, 3.05) is 0 Å². The summed E-state index contributed by atoms with van der Waals surface area (Å²) in [7, 11) is -3.63. The van der Waals surface area contributed by atoms with E-state index in [-0.39, 0.29) is 4.90 Å². The smallest absolute Gasteiger partial charge is 0.238 e. The van der Waals surface area contributed by atoms with E-state index in [4.69, 9.17) is 5.14 Å². The van der Waals surface area contributed by atoms with E-state index in [2.05, 4.69) is 10.3 Å². The Bertz CT molecular complexity index is 609. The Hall–Kier alpha value is -1.28. The van der Waals surface area contributed by atoms with Crippen LogP contribution >= 0.6 is 11.3 Å². The predicted octanol–water partition coefficient (Wildman–Crippen LogP) is 1.08. The highest BCUT2D eigenvalue weighted by atomic mass is 32.2. The molecule has 1 aromatic heterocycles. The second-order valence-corrected chi connectivity index (χ2v) is 6.06. The maximum Gasteiger partial charge on any atom is 0.238 e. The third-order valence-electron chi connectivity index (χ3n) is 2.35. The van der Waals surface area contributed by atoms with Gasteiger partial charge in [-0.15, -0.1) is 11.3 Å². The van der Waals surface area contributed by atoms with Crippen molar-refractivity contribution >= 4 is 21.4 Å². The Morgan fingerprint density at radius 1 is 1.33 bits per heavy atom. The zero-order valence-corrected chi connectivity index (χ0v) is 11.2. The first-order valence-electron chi connectivity index (χ1n) is 5.25. The van der Waals surface area contributed by atoms with Crippen LogP contribution in [0.1, 0.15) is 11.3 Å². The number of rotatable bonds is 5. The number of nitrogens with two attached hydrogens (primary N) is 1. The van der Waals surface area contributed by atoms with Crippen LogP contribution in [0, 0.1) is 0 Å². The monoisotopic (exact) mass is 283 g/mol. The molecule has 0 aliphatic carbocycles. The summed E-state index contributed by atoms with van der Waals surface area (Å²) < 4.78 is 22.4. The first kappa shape index (κ1) is 13.2. The summed E-state index contributed by atoms with van der Waals surface area (Å²) in [5, 5.41) is 10.2. The summed E-state index contributed by atoms with van der Waals surface area (Å²) in [5.41, 5.74) is 3.62. The fraction of sp³-hybridized carbons (Fsp3) is 0.182. The van der Waals surface area contributed by atoms with Gasteiger partial charge in [0.15, 0.2) is 0 Å². The number of primary sulfonamides is 1. The molecule has 7 heteroatoms. The van der Waals surface area contributed by atoms with E-state index in [0.29, 0.717) is 13.1 Å². The predicted molar refractivity (Wildman–Crippen MR) is 70.5 cm³/mol. The van der Waals surface area contributed by atoms with E-state index in [0.717, 1.165) is 11.3 Å². The number of benzene rings is 1. The van der Waals surface area contributed by atoms with Gasteiger partial charge in [-0.2, -0.15) is 0 Å². The molecule has 0 bridgehead atoms. The van der Waals surface area contributed by atoms with Crippen LogP contribution in [-0.4, -0.2) is 13.4 Å². The van der Waals surface area contributed by atoms with Gasteiger partial charge in [0.25, 0.3) is 0 Å². The van der Waals surface area contributed by atoms with Crippen LogP contribution in [0.2, 0.25) is 0 Å². The highest BCUT2D eigenvalue weighted by Gasteiger charge is 2.07. The van der Waals surface area contributed by atoms with Gasteiger partial charge in [-0.1, -0.05) is 12.1 Å². The van der Waals surface area contributed by atoms with Gasteiger partial charge >= 0.3 is 0 Å². The highest BCUT2D eigenvalue weighted by molar-refractivity contribution is 7.89. The summed E-state index contributed by atoms with van der Waals surface area (Å²) in [5.74, 6) is 0. The lowest BCUT2D eigenvalue weighted by Crippen LogP contribution is -2.15. The molecule has 0 radical (unpaired) electrons. The Balaban J connectivity index is 1.98. The molecule has 0 atom stereocenters. The lowest BCUT2D eigenvalue weighted by molar-refractivity contribution is 0.597. The van der Waals surface area contributed by atoms with Crippen molar-refractivity contribution in [3.63, 3.8) is 0 Å². The molecule has 0 saturated carbocycles. The SMILES string of the molecule is NS(=O)(=O)c1cccc(CNCc2cscn2)c1. The largest absolute Gasteiger partial charge is 0.307 e. The van der Waals surface area contributed by atoms with Gasteiger partial charge in [0.1, 0.15) is 0 Å². The molecule has 1 heterocycles. The zero-order chi connectivity index (χ0) is 13.0. The minimum atomic E-state index is -3.63. The average Bonchev–Trinajstić information content (AvgIpc) is 2.81. The van der Waals surface area contributed by atoms with Gasteiger partial charge < -0.3 is 5.32 Å². The molecule has 5 nitrogen and oxygen atoms in total. The maximum absolute atomic E-state index is 11.2. The minimum Gasteiger partial charge on any atom is -0.307 e. The van der Waals surface area contributed by atoms with Crippen LogP contribution in [0.5, 0.6) is 0 Å². The summed E-state index contributed by atoms with van der Waals surface area (Å²) in [4.78, 5) is 4.28. The van der Waals surface area contributed by atoms with E-state index in [9.17, 15) is 8.42 Å². The molecule has 2 aromatic rings. The molecule has 96 valence electrons. The van der Waals surface area contributed by atoms with Gasteiger partial charge in [-0.05, 0) is 17.7 Å². The van der Waals surface area contributed by atoms with Crippen molar-refractivity contribution in [3.8, 4) is 0 Å². The van der Waals surface area contributed by atoms with Crippen molar-refractivity contribution in [1.82, 2.24) is 10.3 Å². The number of thiazole rings is 1. The summed E-state index contributed by atoms with van der Waals surface area (Å²) >= 11 is 1.54. The van der Waals surface area contributed by atoms with E-state index in [1.807, 2.05) is 11.4 Å². The Morgan fingerprint density at radius 2 is 2.17 bits per heavy atom. The standard InChI is InChI=1S/C11H13N3O2S2/c12-18(15,16)11-3-1-2-9(4-11)5-13-6-10-7-17-8-14-10/h1-4,7-8,13H,5-6H2,(H2,12,15,16). The second-order valence-electron chi connectivity index (χ2n) is 3.78. The molecule has 0 unspecified atom stereocenters. The van der Waals surface area contributed by atoms with Crippen LogP contribution in [0.3, 0.4) is 0 Å². The van der Waals surface area contributed by atoms with Crippen LogP contribution in [0.15, 0.2) is 40.1 Å². The molecule has 0 aliphatic rings. The third kappa shape index (κ3) is 3.61. The summed E-state index contributed by atoms with van der Waals surface area (Å²) in [6.45, 7) is 1.23. The molecule has 0 amide bonds. The highest BCUT2D eigenvalue weighted by Crippen LogP contribution is 2.09. The van der Waals surface area contributed by atoms with E-state index >= 15 is 0 Å². The number of hydrogen-bond acceptors (Lipinski definition) is 5. The van der Waals surface area contributed by atoms with Crippen LogP contribution in [0.4, 0.5) is 0 Å². The Kier molecular flexibility index (Phi) is 4.07. The Morgan fingerprint density at radius 3 is 2.83 bits per heavy atom. The number of nitrogens with zero attached hydrogens (tertiary/aromatic N) is 1. The number of sulfonamides is 1. The average molecular weight is 283 g/mol. The molecule has 0 saturated heterocycles. The van der Waals surface area contributed by atoms with Gasteiger partial charge in [-0.25, -0.2) is 18.5 Å². The first-order valence-corrected chi connectivity index (χ1v) is 7.74. The fourth-order valence-electron chi connectivity index (χ4n) is 1.49. The fourth-order valence-corrected chi connectivity index (χ4v) is 2.63.